The molecule has 4 heteroatoms. The van der Waals surface area contributed by atoms with Crippen molar-refractivity contribution in [3.8, 4) is 0 Å². The summed E-state index contributed by atoms with van der Waals surface area (Å²) < 4.78 is 12.5. The van der Waals surface area contributed by atoms with Crippen molar-refractivity contribution in [2.75, 3.05) is 5.75 Å². The Kier molecular flexibility index (Phi) is 4.93. The molecule has 3 N–H and O–H groups in total. The van der Waals surface area contributed by atoms with Crippen LogP contribution in [0.2, 0.25) is 0 Å². The zero-order valence-corrected chi connectivity index (χ0v) is 8.64. The maximum atomic E-state index is 12.5. The normalized spacial score (nSPS) is 12.8. The summed E-state index contributed by atoms with van der Waals surface area (Å²) in [6.07, 6.45) is -0.137. The van der Waals surface area contributed by atoms with Gasteiger partial charge in [0.05, 0.1) is 0 Å². The van der Waals surface area contributed by atoms with Crippen LogP contribution in [0, 0.1) is 5.82 Å². The second-order valence-corrected chi connectivity index (χ2v) is 4.14. The van der Waals surface area contributed by atoms with Crippen molar-refractivity contribution in [1.29, 1.82) is 0 Å². The molecule has 0 aliphatic heterocycles. The zero-order chi connectivity index (χ0) is 10.4. The molecule has 0 fully saturated rings. The highest BCUT2D eigenvalue weighted by Crippen LogP contribution is 2.13. The maximum Gasteiger partial charge on any atom is 0.123 e. The van der Waals surface area contributed by atoms with E-state index >= 15 is 0 Å². The lowest BCUT2D eigenvalue weighted by molar-refractivity contribution is 0.179. The molecule has 0 aliphatic rings. The third-order valence-electron chi connectivity index (χ3n) is 1.74. The molecule has 1 atom stereocenters. The summed E-state index contributed by atoms with van der Waals surface area (Å²) in [5, 5.41) is 8.80. The van der Waals surface area contributed by atoms with Crippen LogP contribution < -0.4 is 5.73 Å². The number of aliphatic hydroxyl groups excluding tert-OH is 1. The summed E-state index contributed by atoms with van der Waals surface area (Å²) in [5.74, 6) is 1.43. The molecule has 0 aromatic heterocycles. The number of halogens is 1. The first-order chi connectivity index (χ1) is 6.68. The van der Waals surface area contributed by atoms with Crippen LogP contribution in [0.4, 0.5) is 4.39 Å². The first-order valence-corrected chi connectivity index (χ1v) is 5.60. The first-order valence-electron chi connectivity index (χ1n) is 4.44. The van der Waals surface area contributed by atoms with E-state index in [1.54, 1.807) is 23.9 Å². The monoisotopic (exact) mass is 215 g/mol. The summed E-state index contributed by atoms with van der Waals surface area (Å²) in [7, 11) is 0. The van der Waals surface area contributed by atoms with Crippen LogP contribution in [-0.4, -0.2) is 17.1 Å². The largest absolute Gasteiger partial charge is 0.379 e. The van der Waals surface area contributed by atoms with Crippen molar-refractivity contribution in [1.82, 2.24) is 0 Å². The molecule has 1 aromatic rings. The highest BCUT2D eigenvalue weighted by atomic mass is 32.2. The van der Waals surface area contributed by atoms with Gasteiger partial charge >= 0.3 is 0 Å². The lowest BCUT2D eigenvalue weighted by Gasteiger charge is -2.04. The van der Waals surface area contributed by atoms with Gasteiger partial charge in [-0.15, -0.1) is 0 Å². The first kappa shape index (κ1) is 11.5. The molecular formula is C10H14FNOS. The van der Waals surface area contributed by atoms with Gasteiger partial charge in [-0.3, -0.25) is 0 Å². The Morgan fingerprint density at radius 2 is 2.00 bits per heavy atom. The molecule has 2 nitrogen and oxygen atoms in total. The second-order valence-electron chi connectivity index (χ2n) is 3.04. The third-order valence-corrected chi connectivity index (χ3v) is 2.80. The number of nitrogens with two attached hydrogens (primary N) is 1. The van der Waals surface area contributed by atoms with Gasteiger partial charge in [0.25, 0.3) is 0 Å². The van der Waals surface area contributed by atoms with Crippen molar-refractivity contribution in [3.05, 3.63) is 35.6 Å². The molecule has 1 rings (SSSR count). The number of benzene rings is 1. The van der Waals surface area contributed by atoms with Crippen LogP contribution in [0.5, 0.6) is 0 Å². The minimum Gasteiger partial charge on any atom is -0.379 e. The van der Waals surface area contributed by atoms with Crippen molar-refractivity contribution in [2.45, 2.75) is 18.4 Å². The quantitative estimate of drug-likeness (QED) is 0.581. The van der Waals surface area contributed by atoms with Gasteiger partial charge in [-0.2, -0.15) is 11.8 Å². The Morgan fingerprint density at radius 3 is 2.57 bits per heavy atom. The Labute approximate surface area is 87.3 Å². The molecule has 0 bridgehead atoms. The van der Waals surface area contributed by atoms with Gasteiger partial charge in [0.15, 0.2) is 0 Å². The van der Waals surface area contributed by atoms with Crippen LogP contribution in [0.25, 0.3) is 0 Å². The van der Waals surface area contributed by atoms with E-state index in [-0.39, 0.29) is 5.82 Å². The highest BCUT2D eigenvalue weighted by Gasteiger charge is 1.97. The van der Waals surface area contributed by atoms with Gasteiger partial charge < -0.3 is 10.8 Å². The molecule has 0 heterocycles. The molecule has 0 radical (unpaired) electrons. The Bertz CT molecular complexity index is 263. The van der Waals surface area contributed by atoms with Crippen LogP contribution in [0.1, 0.15) is 12.0 Å². The smallest absolute Gasteiger partial charge is 0.123 e. The molecule has 0 aliphatic carbocycles. The lowest BCUT2D eigenvalue weighted by Crippen LogP contribution is -2.19. The molecule has 78 valence electrons. The number of hydrogen-bond donors (Lipinski definition) is 2. The van der Waals surface area contributed by atoms with Crippen LogP contribution in [0.3, 0.4) is 0 Å². The van der Waals surface area contributed by atoms with E-state index in [1.165, 1.54) is 12.1 Å². The summed E-state index contributed by atoms with van der Waals surface area (Å²) in [4.78, 5) is 0. The fourth-order valence-corrected chi connectivity index (χ4v) is 1.96. The number of aliphatic hydroxyl groups is 1. The van der Waals surface area contributed by atoms with E-state index in [0.29, 0.717) is 6.42 Å². The molecule has 0 saturated heterocycles. The van der Waals surface area contributed by atoms with Gasteiger partial charge in [0.2, 0.25) is 0 Å². The van der Waals surface area contributed by atoms with Crippen LogP contribution in [-0.2, 0) is 5.75 Å². The standard InChI is InChI=1S/C10H14FNOS/c11-9-3-1-8(2-4-9)7-14-6-5-10(12)13/h1-4,10,13H,5-7,12H2/t10-/m1/s1. The van der Waals surface area contributed by atoms with Gasteiger partial charge in [-0.1, -0.05) is 12.1 Å². The molecule has 14 heavy (non-hydrogen) atoms. The zero-order valence-electron chi connectivity index (χ0n) is 7.82. The van der Waals surface area contributed by atoms with Gasteiger partial charge in [0, 0.05) is 5.75 Å². The average Bonchev–Trinajstić information content (AvgIpc) is 2.15. The van der Waals surface area contributed by atoms with Crippen molar-refractivity contribution in [3.63, 3.8) is 0 Å². The minimum atomic E-state index is -0.726. The summed E-state index contributed by atoms with van der Waals surface area (Å²) >= 11 is 1.68. The fraction of sp³-hybridized carbons (Fsp3) is 0.400. The van der Waals surface area contributed by atoms with Crippen LogP contribution >= 0.6 is 11.8 Å². The SMILES string of the molecule is N[C@H](O)CCSCc1ccc(F)cc1. The van der Waals surface area contributed by atoms with Crippen molar-refractivity contribution in [2.24, 2.45) is 5.73 Å². The van der Waals surface area contributed by atoms with E-state index in [2.05, 4.69) is 0 Å². The molecule has 0 saturated carbocycles. The number of hydrogen-bond acceptors (Lipinski definition) is 3. The van der Waals surface area contributed by atoms with E-state index in [4.69, 9.17) is 10.8 Å². The Morgan fingerprint density at radius 1 is 1.36 bits per heavy atom. The van der Waals surface area contributed by atoms with Gasteiger partial charge in [-0.25, -0.2) is 4.39 Å². The van der Waals surface area contributed by atoms with E-state index in [9.17, 15) is 4.39 Å². The van der Waals surface area contributed by atoms with E-state index in [1.807, 2.05) is 0 Å². The van der Waals surface area contributed by atoms with Crippen molar-refractivity contribution < 1.29 is 9.50 Å². The maximum absolute atomic E-state index is 12.5. The molecule has 0 unspecified atom stereocenters. The molecule has 0 spiro atoms. The fourth-order valence-electron chi connectivity index (χ4n) is 0.975. The Hall–Kier alpha value is -0.580. The van der Waals surface area contributed by atoms with Crippen molar-refractivity contribution >= 4 is 11.8 Å². The number of rotatable bonds is 5. The summed E-state index contributed by atoms with van der Waals surface area (Å²) in [6.45, 7) is 0. The van der Waals surface area contributed by atoms with Gasteiger partial charge in [-0.05, 0) is 29.9 Å². The highest BCUT2D eigenvalue weighted by molar-refractivity contribution is 7.98. The minimum absolute atomic E-state index is 0.212. The van der Waals surface area contributed by atoms with Gasteiger partial charge in [0.1, 0.15) is 12.0 Å². The molecule has 0 amide bonds. The predicted octanol–water partition coefficient (Wildman–Crippen LogP) is 1.73. The lowest BCUT2D eigenvalue weighted by atomic mass is 10.2. The summed E-state index contributed by atoms with van der Waals surface area (Å²) in [6, 6.07) is 6.43. The second kappa shape index (κ2) is 6.01. The number of thioether (sulfide) groups is 1. The topological polar surface area (TPSA) is 46.2 Å². The average molecular weight is 215 g/mol. The van der Waals surface area contributed by atoms with E-state index < -0.39 is 6.23 Å². The molecular weight excluding hydrogens is 201 g/mol. The van der Waals surface area contributed by atoms with Crippen LogP contribution in [0.15, 0.2) is 24.3 Å². The Balaban J connectivity index is 2.21. The van der Waals surface area contributed by atoms with E-state index in [0.717, 1.165) is 17.1 Å². The summed E-state index contributed by atoms with van der Waals surface area (Å²) in [5.41, 5.74) is 6.27. The third kappa shape index (κ3) is 4.60. The molecule has 1 aromatic carbocycles. The predicted molar refractivity (Wildman–Crippen MR) is 57.4 cm³/mol.